The number of amides is 1. The van der Waals surface area contributed by atoms with Crippen LogP contribution in [0.3, 0.4) is 0 Å². The maximum Gasteiger partial charge on any atom is 0.265 e. The molecule has 0 aliphatic carbocycles. The van der Waals surface area contributed by atoms with E-state index in [0.29, 0.717) is 17.1 Å². The molecule has 9 nitrogen and oxygen atoms in total. The SMILES string of the molecule is COc1ccc(OC)c(S(=O)(=O)Nc2ccc(Oc3ccc(C(=O)NC(C)C)cc3)nc2)c1. The summed E-state index contributed by atoms with van der Waals surface area (Å²) in [5, 5.41) is 2.82. The average molecular weight is 472 g/mol. The number of ether oxygens (including phenoxy) is 3. The summed E-state index contributed by atoms with van der Waals surface area (Å²) in [5.41, 5.74) is 0.759. The van der Waals surface area contributed by atoms with Crippen LogP contribution in [0.4, 0.5) is 5.69 Å². The van der Waals surface area contributed by atoms with E-state index in [4.69, 9.17) is 14.2 Å². The normalized spacial score (nSPS) is 11.1. The predicted molar refractivity (Wildman–Crippen MR) is 124 cm³/mol. The number of benzene rings is 2. The molecule has 0 aliphatic heterocycles. The van der Waals surface area contributed by atoms with Gasteiger partial charge in [0.2, 0.25) is 5.88 Å². The third kappa shape index (κ3) is 6.13. The van der Waals surface area contributed by atoms with E-state index in [0.717, 1.165) is 0 Å². The number of rotatable bonds is 9. The number of hydrogen-bond donors (Lipinski definition) is 2. The van der Waals surface area contributed by atoms with Crippen molar-refractivity contribution < 1.29 is 27.4 Å². The lowest BCUT2D eigenvalue weighted by Gasteiger charge is -2.13. The molecule has 174 valence electrons. The molecule has 2 aromatic carbocycles. The minimum atomic E-state index is -3.96. The summed E-state index contributed by atoms with van der Waals surface area (Å²) in [7, 11) is -1.12. The van der Waals surface area contributed by atoms with Crippen LogP contribution in [0.25, 0.3) is 0 Å². The van der Waals surface area contributed by atoms with Gasteiger partial charge in [-0.3, -0.25) is 9.52 Å². The quantitative estimate of drug-likeness (QED) is 0.487. The van der Waals surface area contributed by atoms with E-state index < -0.39 is 10.0 Å². The Labute approximate surface area is 192 Å². The highest BCUT2D eigenvalue weighted by molar-refractivity contribution is 7.92. The number of carbonyl (C=O) groups is 1. The molecule has 1 heterocycles. The Hall–Kier alpha value is -3.79. The summed E-state index contributed by atoms with van der Waals surface area (Å²) in [6.45, 7) is 3.77. The van der Waals surface area contributed by atoms with Crippen molar-refractivity contribution in [2.24, 2.45) is 0 Å². The Balaban J connectivity index is 1.70. The van der Waals surface area contributed by atoms with E-state index >= 15 is 0 Å². The van der Waals surface area contributed by atoms with E-state index in [9.17, 15) is 13.2 Å². The smallest absolute Gasteiger partial charge is 0.265 e. The van der Waals surface area contributed by atoms with Gasteiger partial charge in [-0.05, 0) is 56.3 Å². The second-order valence-electron chi connectivity index (χ2n) is 7.26. The first-order valence-corrected chi connectivity index (χ1v) is 11.5. The van der Waals surface area contributed by atoms with E-state index in [-0.39, 0.29) is 34.2 Å². The summed E-state index contributed by atoms with van der Waals surface area (Å²) >= 11 is 0. The van der Waals surface area contributed by atoms with Crippen molar-refractivity contribution in [2.75, 3.05) is 18.9 Å². The van der Waals surface area contributed by atoms with Crippen LogP contribution >= 0.6 is 0 Å². The molecule has 1 aromatic heterocycles. The first-order valence-electron chi connectivity index (χ1n) is 10.0. The number of aromatic nitrogens is 1. The summed E-state index contributed by atoms with van der Waals surface area (Å²) < 4.78 is 44.1. The maximum absolute atomic E-state index is 12.8. The fraction of sp³-hybridized carbons (Fsp3) is 0.217. The molecule has 0 saturated carbocycles. The minimum Gasteiger partial charge on any atom is -0.497 e. The number of nitrogens with one attached hydrogen (secondary N) is 2. The van der Waals surface area contributed by atoms with Crippen molar-refractivity contribution in [1.82, 2.24) is 10.3 Å². The van der Waals surface area contributed by atoms with E-state index in [1.807, 2.05) is 13.8 Å². The van der Waals surface area contributed by atoms with Gasteiger partial charge in [0.15, 0.2) is 0 Å². The van der Waals surface area contributed by atoms with Crippen molar-refractivity contribution >= 4 is 21.6 Å². The molecule has 33 heavy (non-hydrogen) atoms. The second-order valence-corrected chi connectivity index (χ2v) is 8.91. The lowest BCUT2D eigenvalue weighted by molar-refractivity contribution is 0.0943. The van der Waals surface area contributed by atoms with E-state index in [1.54, 1.807) is 30.3 Å². The van der Waals surface area contributed by atoms with Gasteiger partial charge >= 0.3 is 0 Å². The van der Waals surface area contributed by atoms with Gasteiger partial charge in [0.1, 0.15) is 22.1 Å². The zero-order chi connectivity index (χ0) is 24.0. The molecule has 0 bridgehead atoms. The maximum atomic E-state index is 12.8. The molecular weight excluding hydrogens is 446 g/mol. The van der Waals surface area contributed by atoms with Gasteiger partial charge in [-0.1, -0.05) is 0 Å². The zero-order valence-corrected chi connectivity index (χ0v) is 19.5. The Kier molecular flexibility index (Phi) is 7.39. The number of anilines is 1. The lowest BCUT2D eigenvalue weighted by Crippen LogP contribution is -2.29. The highest BCUT2D eigenvalue weighted by Gasteiger charge is 2.21. The summed E-state index contributed by atoms with van der Waals surface area (Å²) in [6, 6.07) is 14.2. The van der Waals surface area contributed by atoms with Crippen LogP contribution in [0.2, 0.25) is 0 Å². The molecule has 0 spiro atoms. The number of sulfonamides is 1. The highest BCUT2D eigenvalue weighted by atomic mass is 32.2. The largest absolute Gasteiger partial charge is 0.497 e. The third-order valence-electron chi connectivity index (χ3n) is 4.41. The van der Waals surface area contributed by atoms with Crippen LogP contribution < -0.4 is 24.2 Å². The molecule has 0 fully saturated rings. The Bertz CT molecular complexity index is 1210. The van der Waals surface area contributed by atoms with E-state index in [2.05, 4.69) is 15.0 Å². The van der Waals surface area contributed by atoms with Gasteiger partial charge in [-0.15, -0.1) is 0 Å². The van der Waals surface area contributed by atoms with Crippen molar-refractivity contribution in [1.29, 1.82) is 0 Å². The first kappa shape index (κ1) is 23.9. The van der Waals surface area contributed by atoms with Crippen LogP contribution in [0.15, 0.2) is 65.7 Å². The monoisotopic (exact) mass is 471 g/mol. The summed E-state index contributed by atoms with van der Waals surface area (Å²) in [6.07, 6.45) is 1.34. The standard InChI is InChI=1S/C23H25N3O6S/c1-15(2)25-23(27)16-5-8-18(9-6-16)32-22-12-7-17(14-24-22)26-33(28,29)21-13-19(30-3)10-11-20(21)31-4/h5-15,26H,1-4H3,(H,25,27). The zero-order valence-electron chi connectivity index (χ0n) is 18.7. The summed E-state index contributed by atoms with van der Waals surface area (Å²) in [5.74, 6) is 1.14. The fourth-order valence-electron chi connectivity index (χ4n) is 2.85. The van der Waals surface area contributed by atoms with Crippen molar-refractivity contribution in [3.05, 3.63) is 66.4 Å². The summed E-state index contributed by atoms with van der Waals surface area (Å²) in [4.78, 5) is 16.1. The van der Waals surface area contributed by atoms with Gasteiger partial charge in [0.05, 0.1) is 26.1 Å². The van der Waals surface area contributed by atoms with E-state index in [1.165, 1.54) is 44.7 Å². The van der Waals surface area contributed by atoms with Crippen LogP contribution in [0.1, 0.15) is 24.2 Å². The van der Waals surface area contributed by atoms with Crippen LogP contribution in [0, 0.1) is 0 Å². The third-order valence-corrected chi connectivity index (χ3v) is 5.81. The molecule has 3 rings (SSSR count). The molecule has 2 N–H and O–H groups in total. The predicted octanol–water partition coefficient (Wildman–Crippen LogP) is 3.83. The van der Waals surface area contributed by atoms with Gasteiger partial charge in [0.25, 0.3) is 15.9 Å². The Morgan fingerprint density at radius 2 is 1.64 bits per heavy atom. The minimum absolute atomic E-state index is 0.0403. The molecule has 0 radical (unpaired) electrons. The number of nitrogens with zero attached hydrogens (tertiary/aromatic N) is 1. The fourth-order valence-corrected chi connectivity index (χ4v) is 4.07. The number of hydrogen-bond acceptors (Lipinski definition) is 7. The Morgan fingerprint density at radius 3 is 2.21 bits per heavy atom. The average Bonchev–Trinajstić information content (AvgIpc) is 2.79. The van der Waals surface area contributed by atoms with Gasteiger partial charge < -0.3 is 19.5 Å². The highest BCUT2D eigenvalue weighted by Crippen LogP contribution is 2.30. The molecule has 0 aliphatic rings. The molecule has 0 saturated heterocycles. The number of pyridine rings is 1. The van der Waals surface area contributed by atoms with Crippen LogP contribution in [-0.4, -0.2) is 39.6 Å². The first-order chi connectivity index (χ1) is 15.7. The molecule has 10 heteroatoms. The molecule has 1 amide bonds. The van der Waals surface area contributed by atoms with Gasteiger partial charge in [0, 0.05) is 23.7 Å². The lowest BCUT2D eigenvalue weighted by atomic mass is 10.2. The molecular formula is C23H25N3O6S. The van der Waals surface area contributed by atoms with Gasteiger partial charge in [-0.2, -0.15) is 0 Å². The van der Waals surface area contributed by atoms with Crippen LogP contribution in [0.5, 0.6) is 23.1 Å². The topological polar surface area (TPSA) is 116 Å². The van der Waals surface area contributed by atoms with Crippen molar-refractivity contribution in [2.45, 2.75) is 24.8 Å². The van der Waals surface area contributed by atoms with Crippen molar-refractivity contribution in [3.8, 4) is 23.1 Å². The number of methoxy groups -OCH3 is 2. The molecule has 0 atom stereocenters. The Morgan fingerprint density at radius 1 is 0.939 bits per heavy atom. The number of carbonyl (C=O) groups excluding carboxylic acids is 1. The molecule has 0 unspecified atom stereocenters. The van der Waals surface area contributed by atoms with Gasteiger partial charge in [-0.25, -0.2) is 13.4 Å². The second kappa shape index (κ2) is 10.2. The van der Waals surface area contributed by atoms with Crippen molar-refractivity contribution in [3.63, 3.8) is 0 Å². The van der Waals surface area contributed by atoms with Crippen LogP contribution in [-0.2, 0) is 10.0 Å². The molecule has 3 aromatic rings.